The van der Waals surface area contributed by atoms with Gasteiger partial charge in [0.2, 0.25) is 0 Å². The molecule has 1 saturated carbocycles. The fourth-order valence-electron chi connectivity index (χ4n) is 3.45. The van der Waals surface area contributed by atoms with E-state index in [1.165, 1.54) is 12.1 Å². The van der Waals surface area contributed by atoms with Gasteiger partial charge in [-0.3, -0.25) is 4.90 Å². The summed E-state index contributed by atoms with van der Waals surface area (Å²) in [6.45, 7) is 6.32. The molecule has 3 rings (SSSR count). The van der Waals surface area contributed by atoms with Crippen LogP contribution >= 0.6 is 0 Å². The molecule has 1 aliphatic carbocycles. The standard InChI is InChI=1S/C13H21N3O/c1-2-16-9-14-5-11(16)7-15-6-10-3-4-13(17)12(10)8-15/h5,9-10,12-13,17H,2-4,6-8H2,1H3. The van der Waals surface area contributed by atoms with Crippen LogP contribution in [-0.4, -0.2) is 38.8 Å². The molecule has 1 N–H and O–H groups in total. The largest absolute Gasteiger partial charge is 0.393 e. The maximum Gasteiger partial charge on any atom is 0.0948 e. The van der Waals surface area contributed by atoms with E-state index in [1.54, 1.807) is 0 Å². The highest BCUT2D eigenvalue weighted by Crippen LogP contribution is 2.38. The molecule has 0 bridgehead atoms. The molecular formula is C13H21N3O. The Labute approximate surface area is 102 Å². The monoisotopic (exact) mass is 235 g/mol. The number of imidazole rings is 1. The Balaban J connectivity index is 1.64. The van der Waals surface area contributed by atoms with E-state index in [2.05, 4.69) is 21.4 Å². The number of hydrogen-bond donors (Lipinski definition) is 1. The minimum absolute atomic E-state index is 0.0546. The first kappa shape index (κ1) is 11.2. The Bertz CT molecular complexity index is 390. The molecule has 2 fully saturated rings. The minimum Gasteiger partial charge on any atom is -0.393 e. The molecule has 94 valence electrons. The molecular weight excluding hydrogens is 214 g/mol. The van der Waals surface area contributed by atoms with Crippen LogP contribution in [0.4, 0.5) is 0 Å². The van der Waals surface area contributed by atoms with Crippen LogP contribution in [0, 0.1) is 11.8 Å². The van der Waals surface area contributed by atoms with Crippen LogP contribution in [0.3, 0.4) is 0 Å². The van der Waals surface area contributed by atoms with Crippen LogP contribution in [0.15, 0.2) is 12.5 Å². The number of aliphatic hydroxyl groups excluding tert-OH is 1. The van der Waals surface area contributed by atoms with Crippen LogP contribution in [0.1, 0.15) is 25.5 Å². The highest BCUT2D eigenvalue weighted by molar-refractivity contribution is 5.01. The molecule has 4 nitrogen and oxygen atoms in total. The molecule has 0 aromatic carbocycles. The van der Waals surface area contributed by atoms with E-state index in [9.17, 15) is 5.11 Å². The second-order valence-electron chi connectivity index (χ2n) is 5.43. The Morgan fingerprint density at radius 1 is 1.41 bits per heavy atom. The smallest absolute Gasteiger partial charge is 0.0948 e. The van der Waals surface area contributed by atoms with E-state index in [1.807, 2.05) is 12.5 Å². The predicted molar refractivity (Wildman–Crippen MR) is 65.4 cm³/mol. The van der Waals surface area contributed by atoms with Crippen LogP contribution in [-0.2, 0) is 13.1 Å². The van der Waals surface area contributed by atoms with Gasteiger partial charge in [0.05, 0.1) is 18.1 Å². The molecule has 1 aromatic heterocycles. The zero-order valence-corrected chi connectivity index (χ0v) is 10.4. The number of aromatic nitrogens is 2. The van der Waals surface area contributed by atoms with E-state index in [0.717, 1.165) is 38.5 Å². The van der Waals surface area contributed by atoms with Gasteiger partial charge in [-0.1, -0.05) is 0 Å². The molecule has 1 aromatic rings. The van der Waals surface area contributed by atoms with Crippen molar-refractivity contribution in [3.05, 3.63) is 18.2 Å². The molecule has 3 atom stereocenters. The van der Waals surface area contributed by atoms with Crippen molar-refractivity contribution in [2.75, 3.05) is 13.1 Å². The molecule has 0 spiro atoms. The lowest BCUT2D eigenvalue weighted by Crippen LogP contribution is -2.25. The van der Waals surface area contributed by atoms with Crippen LogP contribution < -0.4 is 0 Å². The van der Waals surface area contributed by atoms with Crippen LogP contribution in [0.25, 0.3) is 0 Å². The third kappa shape index (κ3) is 2.00. The summed E-state index contributed by atoms with van der Waals surface area (Å²) in [6.07, 6.45) is 6.03. The van der Waals surface area contributed by atoms with Gasteiger partial charge < -0.3 is 9.67 Å². The summed E-state index contributed by atoms with van der Waals surface area (Å²) in [6, 6.07) is 0. The number of rotatable bonds is 3. The maximum absolute atomic E-state index is 9.90. The SMILES string of the molecule is CCn1cncc1CN1CC2CCC(O)C2C1. The molecule has 4 heteroatoms. The lowest BCUT2D eigenvalue weighted by Gasteiger charge is -2.18. The number of nitrogens with zero attached hydrogens (tertiary/aromatic N) is 3. The minimum atomic E-state index is -0.0546. The van der Waals surface area contributed by atoms with E-state index in [-0.39, 0.29) is 6.10 Å². The van der Waals surface area contributed by atoms with Crippen molar-refractivity contribution < 1.29 is 5.11 Å². The highest BCUT2D eigenvalue weighted by atomic mass is 16.3. The second kappa shape index (κ2) is 4.42. The first-order chi connectivity index (χ1) is 8.28. The molecule has 3 unspecified atom stereocenters. The third-order valence-electron chi connectivity index (χ3n) is 4.42. The molecule has 0 radical (unpaired) electrons. The van der Waals surface area contributed by atoms with Crippen molar-refractivity contribution in [1.82, 2.24) is 14.5 Å². The summed E-state index contributed by atoms with van der Waals surface area (Å²) in [4.78, 5) is 6.68. The Hall–Kier alpha value is -0.870. The predicted octanol–water partition coefficient (Wildman–Crippen LogP) is 1.11. The first-order valence-electron chi connectivity index (χ1n) is 6.67. The molecule has 17 heavy (non-hydrogen) atoms. The normalized spacial score (nSPS) is 33.2. The average Bonchev–Trinajstić information content (AvgIpc) is 2.98. The second-order valence-corrected chi connectivity index (χ2v) is 5.43. The number of fused-ring (bicyclic) bond motifs is 1. The van der Waals surface area contributed by atoms with Gasteiger partial charge in [-0.15, -0.1) is 0 Å². The Morgan fingerprint density at radius 2 is 2.29 bits per heavy atom. The number of hydrogen-bond acceptors (Lipinski definition) is 3. The summed E-state index contributed by atoms with van der Waals surface area (Å²) < 4.78 is 2.20. The van der Waals surface area contributed by atoms with Crippen molar-refractivity contribution >= 4 is 0 Å². The van der Waals surface area contributed by atoms with E-state index in [4.69, 9.17) is 0 Å². The molecule has 2 aliphatic rings. The summed E-state index contributed by atoms with van der Waals surface area (Å²) in [7, 11) is 0. The van der Waals surface area contributed by atoms with Gasteiger partial charge in [-0.25, -0.2) is 4.98 Å². The van der Waals surface area contributed by atoms with E-state index < -0.39 is 0 Å². The molecule has 0 amide bonds. The van der Waals surface area contributed by atoms with Gasteiger partial charge >= 0.3 is 0 Å². The average molecular weight is 235 g/mol. The number of aryl methyl sites for hydroxylation is 1. The zero-order valence-electron chi connectivity index (χ0n) is 10.4. The van der Waals surface area contributed by atoms with Crippen molar-refractivity contribution in [1.29, 1.82) is 0 Å². The van der Waals surface area contributed by atoms with Crippen LogP contribution in [0.2, 0.25) is 0 Å². The van der Waals surface area contributed by atoms with Gasteiger partial charge in [-0.2, -0.15) is 0 Å². The van der Waals surface area contributed by atoms with Crippen LogP contribution in [0.5, 0.6) is 0 Å². The Kier molecular flexibility index (Phi) is 2.92. The van der Waals surface area contributed by atoms with E-state index >= 15 is 0 Å². The van der Waals surface area contributed by atoms with Crippen molar-refractivity contribution in [2.45, 2.75) is 39.0 Å². The first-order valence-corrected chi connectivity index (χ1v) is 6.67. The molecule has 1 saturated heterocycles. The summed E-state index contributed by atoms with van der Waals surface area (Å²) in [5, 5.41) is 9.90. The lowest BCUT2D eigenvalue weighted by atomic mass is 10.00. The zero-order chi connectivity index (χ0) is 11.8. The van der Waals surface area contributed by atoms with Crippen molar-refractivity contribution in [3.8, 4) is 0 Å². The third-order valence-corrected chi connectivity index (χ3v) is 4.42. The summed E-state index contributed by atoms with van der Waals surface area (Å²) in [5.74, 6) is 1.25. The quantitative estimate of drug-likeness (QED) is 0.853. The lowest BCUT2D eigenvalue weighted by molar-refractivity contribution is 0.123. The van der Waals surface area contributed by atoms with Gasteiger partial charge in [0.25, 0.3) is 0 Å². The summed E-state index contributed by atoms with van der Waals surface area (Å²) in [5.41, 5.74) is 1.29. The van der Waals surface area contributed by atoms with Gasteiger partial charge in [0.1, 0.15) is 0 Å². The van der Waals surface area contributed by atoms with E-state index in [0.29, 0.717) is 5.92 Å². The topological polar surface area (TPSA) is 41.3 Å². The number of likely N-dealkylation sites (tertiary alicyclic amines) is 1. The molecule has 1 aliphatic heterocycles. The maximum atomic E-state index is 9.90. The van der Waals surface area contributed by atoms with Gasteiger partial charge in [0.15, 0.2) is 0 Å². The fourth-order valence-corrected chi connectivity index (χ4v) is 3.45. The van der Waals surface area contributed by atoms with Crippen molar-refractivity contribution in [3.63, 3.8) is 0 Å². The fraction of sp³-hybridized carbons (Fsp3) is 0.769. The highest BCUT2D eigenvalue weighted by Gasteiger charge is 2.41. The molecule has 2 heterocycles. The van der Waals surface area contributed by atoms with Gasteiger partial charge in [-0.05, 0) is 25.7 Å². The van der Waals surface area contributed by atoms with Crippen molar-refractivity contribution in [2.24, 2.45) is 11.8 Å². The summed E-state index contributed by atoms with van der Waals surface area (Å²) >= 11 is 0. The number of aliphatic hydroxyl groups is 1. The van der Waals surface area contributed by atoms with Gasteiger partial charge in [0, 0.05) is 38.3 Å². The Morgan fingerprint density at radius 3 is 3.06 bits per heavy atom.